The van der Waals surface area contributed by atoms with Gasteiger partial charge >= 0.3 is 0 Å². The number of hydrogen-bond acceptors (Lipinski definition) is 5. The Bertz CT molecular complexity index is 729. The Kier molecular flexibility index (Phi) is 3.31. The molecule has 0 N–H and O–H groups in total. The van der Waals surface area contributed by atoms with Gasteiger partial charge in [-0.3, -0.25) is 0 Å². The van der Waals surface area contributed by atoms with Crippen molar-refractivity contribution < 1.29 is 4.74 Å². The number of para-hydroxylation sites is 1. The maximum atomic E-state index is 5.75. The summed E-state index contributed by atoms with van der Waals surface area (Å²) in [7, 11) is 0. The molecule has 0 aliphatic rings. The molecule has 4 nitrogen and oxygen atoms in total. The highest BCUT2D eigenvalue weighted by atomic mass is 35.5. The smallest absolute Gasteiger partial charge is 0.299 e. The SMILES string of the molecule is Cc1ccc2cccc(Oc3nnc(CCl)s3)c2n1. The summed E-state index contributed by atoms with van der Waals surface area (Å²) >= 11 is 7.04. The summed E-state index contributed by atoms with van der Waals surface area (Å²) in [6, 6.07) is 9.80. The van der Waals surface area contributed by atoms with E-state index in [4.69, 9.17) is 16.3 Å². The fraction of sp³-hybridized carbons (Fsp3) is 0.154. The van der Waals surface area contributed by atoms with Crippen LogP contribution in [0.25, 0.3) is 10.9 Å². The minimum absolute atomic E-state index is 0.341. The molecular weight excluding hydrogens is 282 g/mol. The summed E-state index contributed by atoms with van der Waals surface area (Å²) < 4.78 is 5.75. The average molecular weight is 292 g/mol. The summed E-state index contributed by atoms with van der Waals surface area (Å²) in [5.41, 5.74) is 1.77. The second-order valence-electron chi connectivity index (χ2n) is 3.98. The molecule has 0 amide bonds. The van der Waals surface area contributed by atoms with Crippen LogP contribution in [0.5, 0.6) is 10.9 Å². The van der Waals surface area contributed by atoms with E-state index in [9.17, 15) is 0 Å². The zero-order valence-electron chi connectivity index (χ0n) is 10.1. The molecule has 3 aromatic rings. The molecule has 2 aromatic heterocycles. The molecule has 6 heteroatoms. The van der Waals surface area contributed by atoms with Crippen molar-refractivity contribution in [1.82, 2.24) is 15.2 Å². The molecule has 0 radical (unpaired) electrons. The zero-order valence-corrected chi connectivity index (χ0v) is 11.7. The minimum Gasteiger partial charge on any atom is -0.427 e. The molecule has 0 bridgehead atoms. The number of nitrogens with zero attached hydrogens (tertiary/aromatic N) is 3. The van der Waals surface area contributed by atoms with Gasteiger partial charge in [-0.1, -0.05) is 34.6 Å². The van der Waals surface area contributed by atoms with Gasteiger partial charge in [0.15, 0.2) is 5.75 Å². The van der Waals surface area contributed by atoms with Crippen LogP contribution >= 0.6 is 22.9 Å². The van der Waals surface area contributed by atoms with Crippen molar-refractivity contribution >= 4 is 33.8 Å². The third kappa shape index (κ3) is 2.52. The van der Waals surface area contributed by atoms with E-state index in [1.165, 1.54) is 11.3 Å². The monoisotopic (exact) mass is 291 g/mol. The second kappa shape index (κ2) is 5.11. The van der Waals surface area contributed by atoms with Crippen molar-refractivity contribution in [2.45, 2.75) is 12.8 Å². The maximum absolute atomic E-state index is 5.75. The fourth-order valence-corrected chi connectivity index (χ4v) is 2.50. The van der Waals surface area contributed by atoms with Crippen molar-refractivity contribution in [3.63, 3.8) is 0 Å². The largest absolute Gasteiger partial charge is 0.427 e. The molecule has 96 valence electrons. The lowest BCUT2D eigenvalue weighted by Gasteiger charge is -2.05. The molecule has 0 aliphatic carbocycles. The highest BCUT2D eigenvalue weighted by Crippen LogP contribution is 2.30. The molecule has 1 aromatic carbocycles. The summed E-state index contributed by atoms with van der Waals surface area (Å²) in [4.78, 5) is 4.50. The van der Waals surface area contributed by atoms with Gasteiger partial charge in [-0.15, -0.1) is 16.7 Å². The minimum atomic E-state index is 0.341. The first-order chi connectivity index (χ1) is 9.26. The van der Waals surface area contributed by atoms with Gasteiger partial charge in [0, 0.05) is 11.1 Å². The van der Waals surface area contributed by atoms with E-state index in [-0.39, 0.29) is 0 Å². The molecular formula is C13H10ClN3OS. The van der Waals surface area contributed by atoms with Crippen LogP contribution in [0.4, 0.5) is 0 Å². The lowest BCUT2D eigenvalue weighted by atomic mass is 10.2. The Morgan fingerprint density at radius 1 is 1.21 bits per heavy atom. The van der Waals surface area contributed by atoms with E-state index >= 15 is 0 Å². The van der Waals surface area contributed by atoms with Crippen LogP contribution in [-0.4, -0.2) is 15.2 Å². The molecule has 0 saturated heterocycles. The van der Waals surface area contributed by atoms with Crippen LogP contribution < -0.4 is 4.74 Å². The van der Waals surface area contributed by atoms with Crippen molar-refractivity contribution in [2.75, 3.05) is 0 Å². The molecule has 2 heterocycles. The second-order valence-corrected chi connectivity index (χ2v) is 5.27. The van der Waals surface area contributed by atoms with Gasteiger partial charge in [-0.25, -0.2) is 4.98 Å². The van der Waals surface area contributed by atoms with Crippen LogP contribution in [0.15, 0.2) is 30.3 Å². The molecule has 0 saturated carbocycles. The van der Waals surface area contributed by atoms with Gasteiger partial charge in [0.1, 0.15) is 10.5 Å². The molecule has 0 atom stereocenters. The van der Waals surface area contributed by atoms with E-state index in [0.29, 0.717) is 16.8 Å². The Hall–Kier alpha value is -1.72. The zero-order chi connectivity index (χ0) is 13.2. The average Bonchev–Trinajstić information content (AvgIpc) is 2.87. The van der Waals surface area contributed by atoms with Gasteiger partial charge in [0.05, 0.1) is 5.88 Å². The van der Waals surface area contributed by atoms with Crippen LogP contribution in [0.3, 0.4) is 0 Å². The first-order valence-electron chi connectivity index (χ1n) is 5.69. The van der Waals surface area contributed by atoms with E-state index in [1.807, 2.05) is 37.3 Å². The van der Waals surface area contributed by atoms with Crippen molar-refractivity contribution in [3.8, 4) is 10.9 Å². The van der Waals surface area contributed by atoms with E-state index < -0.39 is 0 Å². The quantitative estimate of drug-likeness (QED) is 0.686. The Balaban J connectivity index is 2.02. The third-order valence-electron chi connectivity index (χ3n) is 2.58. The summed E-state index contributed by atoms with van der Waals surface area (Å²) in [6.45, 7) is 1.95. The first-order valence-corrected chi connectivity index (χ1v) is 7.04. The molecule has 0 fully saturated rings. The number of ether oxygens (including phenoxy) is 1. The number of pyridine rings is 1. The summed E-state index contributed by atoms with van der Waals surface area (Å²) in [5.74, 6) is 1.02. The van der Waals surface area contributed by atoms with Gasteiger partial charge < -0.3 is 4.74 Å². The normalized spacial score (nSPS) is 10.8. The van der Waals surface area contributed by atoms with E-state index in [2.05, 4.69) is 15.2 Å². The number of aromatic nitrogens is 3. The molecule has 19 heavy (non-hydrogen) atoms. The number of benzene rings is 1. The number of aryl methyl sites for hydroxylation is 1. The van der Waals surface area contributed by atoms with Gasteiger partial charge in [-0.05, 0) is 19.1 Å². The maximum Gasteiger partial charge on any atom is 0.299 e. The Morgan fingerprint density at radius 3 is 2.89 bits per heavy atom. The van der Waals surface area contributed by atoms with Gasteiger partial charge in [-0.2, -0.15) is 0 Å². The number of hydrogen-bond donors (Lipinski definition) is 0. The number of rotatable bonds is 3. The van der Waals surface area contributed by atoms with Crippen LogP contribution in [0.1, 0.15) is 10.7 Å². The van der Waals surface area contributed by atoms with Crippen LogP contribution in [0, 0.1) is 6.92 Å². The molecule has 0 unspecified atom stereocenters. The lowest BCUT2D eigenvalue weighted by molar-refractivity contribution is 0.477. The van der Waals surface area contributed by atoms with Crippen LogP contribution in [-0.2, 0) is 5.88 Å². The van der Waals surface area contributed by atoms with E-state index in [1.54, 1.807) is 0 Å². The number of fused-ring (bicyclic) bond motifs is 1. The number of halogens is 1. The standard InChI is InChI=1S/C13H10ClN3OS/c1-8-5-6-9-3-2-4-10(12(9)15-8)18-13-17-16-11(7-14)19-13/h2-6H,7H2,1H3. The molecule has 0 spiro atoms. The van der Waals surface area contributed by atoms with Gasteiger partial charge in [0.25, 0.3) is 5.19 Å². The lowest BCUT2D eigenvalue weighted by Crippen LogP contribution is -1.89. The first kappa shape index (κ1) is 12.3. The van der Waals surface area contributed by atoms with E-state index in [0.717, 1.165) is 21.6 Å². The number of alkyl halides is 1. The van der Waals surface area contributed by atoms with Crippen molar-refractivity contribution in [3.05, 3.63) is 41.0 Å². The Labute approximate surface area is 119 Å². The predicted octanol–water partition coefficient (Wildman–Crippen LogP) is 3.93. The Morgan fingerprint density at radius 2 is 2.11 bits per heavy atom. The highest BCUT2D eigenvalue weighted by Gasteiger charge is 2.09. The molecule has 3 rings (SSSR count). The topological polar surface area (TPSA) is 47.9 Å². The molecule has 0 aliphatic heterocycles. The van der Waals surface area contributed by atoms with Crippen molar-refractivity contribution in [2.24, 2.45) is 0 Å². The van der Waals surface area contributed by atoms with Crippen molar-refractivity contribution in [1.29, 1.82) is 0 Å². The highest BCUT2D eigenvalue weighted by molar-refractivity contribution is 7.13. The third-order valence-corrected chi connectivity index (χ3v) is 3.80. The summed E-state index contributed by atoms with van der Waals surface area (Å²) in [5, 5.41) is 10.1. The van der Waals surface area contributed by atoms with Gasteiger partial charge in [0.2, 0.25) is 0 Å². The summed E-state index contributed by atoms with van der Waals surface area (Å²) in [6.07, 6.45) is 0. The van der Waals surface area contributed by atoms with Crippen LogP contribution in [0.2, 0.25) is 0 Å². The predicted molar refractivity (Wildman–Crippen MR) is 76.0 cm³/mol. The fourth-order valence-electron chi connectivity index (χ4n) is 1.73.